The summed E-state index contributed by atoms with van der Waals surface area (Å²) in [4.78, 5) is 0. The van der Waals surface area contributed by atoms with E-state index in [1.165, 1.54) is 0 Å². The highest BCUT2D eigenvalue weighted by Gasteiger charge is 2.06. The van der Waals surface area contributed by atoms with Gasteiger partial charge in [-0.15, -0.1) is 0 Å². The number of hydrogen-bond donors (Lipinski definition) is 1. The monoisotopic (exact) mass is 224 g/mol. The van der Waals surface area contributed by atoms with Gasteiger partial charge in [0, 0.05) is 36.4 Å². The second-order valence-corrected chi connectivity index (χ2v) is 3.85. The topological polar surface area (TPSA) is 40.2 Å². The first kappa shape index (κ1) is 10.3. The minimum absolute atomic E-state index is 0.671. The minimum Gasteiger partial charge on any atom is -0.399 e. The number of nitrogens with zero attached hydrogens (tertiary/aromatic N) is 1. The van der Waals surface area contributed by atoms with Crippen LogP contribution in [0.4, 0.5) is 5.69 Å². The summed E-state index contributed by atoms with van der Waals surface area (Å²) in [5.74, 6) is 0. The summed E-state index contributed by atoms with van der Waals surface area (Å²) in [5, 5.41) is 1.72. The van der Waals surface area contributed by atoms with Crippen molar-refractivity contribution in [2.75, 3.05) is 19.5 Å². The molecule has 0 radical (unpaired) electrons. The zero-order chi connectivity index (χ0) is 10.8. The molecule has 4 heteroatoms. The predicted molar refractivity (Wildman–Crippen MR) is 63.2 cm³/mol. The van der Waals surface area contributed by atoms with E-state index >= 15 is 0 Å². The fraction of sp³-hybridized carbons (Fsp3) is 0.273. The lowest BCUT2D eigenvalue weighted by atomic mass is 10.2. The third-order valence-electron chi connectivity index (χ3n) is 2.39. The van der Waals surface area contributed by atoms with E-state index in [1.54, 1.807) is 7.11 Å². The molecule has 1 aromatic heterocycles. The molecule has 2 rings (SSSR count). The van der Waals surface area contributed by atoms with E-state index in [2.05, 4.69) is 4.57 Å². The molecule has 0 aliphatic carbocycles. The average molecular weight is 225 g/mol. The molecule has 0 spiro atoms. The molecule has 80 valence electrons. The van der Waals surface area contributed by atoms with Crippen LogP contribution in [0.5, 0.6) is 0 Å². The van der Waals surface area contributed by atoms with Gasteiger partial charge in [0.1, 0.15) is 0 Å². The maximum absolute atomic E-state index is 6.11. The lowest BCUT2D eigenvalue weighted by Crippen LogP contribution is -2.02. The molecule has 0 aliphatic rings. The minimum atomic E-state index is 0.671. The summed E-state index contributed by atoms with van der Waals surface area (Å²) in [6, 6.07) is 5.75. The summed E-state index contributed by atoms with van der Waals surface area (Å²) < 4.78 is 7.11. The Balaban J connectivity index is 2.48. The molecule has 15 heavy (non-hydrogen) atoms. The Bertz CT molecular complexity index is 479. The van der Waals surface area contributed by atoms with Gasteiger partial charge >= 0.3 is 0 Å². The molecule has 1 heterocycles. The Morgan fingerprint density at radius 1 is 1.47 bits per heavy atom. The SMILES string of the molecule is COCCn1cc(Cl)c2cc(N)ccc21. The lowest BCUT2D eigenvalue weighted by molar-refractivity contribution is 0.188. The molecular formula is C11H13ClN2O. The van der Waals surface area contributed by atoms with Crippen molar-refractivity contribution in [3.63, 3.8) is 0 Å². The molecule has 0 aliphatic heterocycles. The van der Waals surface area contributed by atoms with Crippen LogP contribution in [-0.4, -0.2) is 18.3 Å². The number of rotatable bonds is 3. The zero-order valence-corrected chi connectivity index (χ0v) is 9.29. The Kier molecular flexibility index (Phi) is 2.84. The third kappa shape index (κ3) is 1.94. The molecule has 2 N–H and O–H groups in total. The van der Waals surface area contributed by atoms with Crippen LogP contribution in [0.15, 0.2) is 24.4 Å². The fourth-order valence-corrected chi connectivity index (χ4v) is 1.92. The van der Waals surface area contributed by atoms with Crippen LogP contribution in [0, 0.1) is 0 Å². The Hall–Kier alpha value is -1.19. The number of benzene rings is 1. The highest BCUT2D eigenvalue weighted by molar-refractivity contribution is 6.35. The predicted octanol–water partition coefficient (Wildman–Crippen LogP) is 2.52. The number of nitrogens with two attached hydrogens (primary N) is 1. The third-order valence-corrected chi connectivity index (χ3v) is 2.69. The molecule has 0 fully saturated rings. The number of anilines is 1. The summed E-state index contributed by atoms with van der Waals surface area (Å²) >= 11 is 6.11. The fourth-order valence-electron chi connectivity index (χ4n) is 1.65. The molecule has 2 aromatic rings. The number of nitrogen functional groups attached to an aromatic ring is 1. The second kappa shape index (κ2) is 4.13. The number of halogens is 1. The normalized spacial score (nSPS) is 11.1. The van der Waals surface area contributed by atoms with Crippen LogP contribution in [0.2, 0.25) is 5.02 Å². The van der Waals surface area contributed by atoms with Crippen molar-refractivity contribution in [2.45, 2.75) is 6.54 Å². The van der Waals surface area contributed by atoms with E-state index in [1.807, 2.05) is 24.4 Å². The molecule has 3 nitrogen and oxygen atoms in total. The molecule has 0 atom stereocenters. The van der Waals surface area contributed by atoms with Crippen molar-refractivity contribution in [3.8, 4) is 0 Å². The van der Waals surface area contributed by atoms with E-state index in [9.17, 15) is 0 Å². The van der Waals surface area contributed by atoms with Gasteiger partial charge in [-0.25, -0.2) is 0 Å². The van der Waals surface area contributed by atoms with Crippen LogP contribution in [-0.2, 0) is 11.3 Å². The maximum atomic E-state index is 6.11. The number of ether oxygens (including phenoxy) is 1. The van der Waals surface area contributed by atoms with E-state index < -0.39 is 0 Å². The zero-order valence-electron chi connectivity index (χ0n) is 8.53. The van der Waals surface area contributed by atoms with Gasteiger partial charge in [-0.3, -0.25) is 0 Å². The van der Waals surface area contributed by atoms with Crippen molar-refractivity contribution < 1.29 is 4.74 Å². The van der Waals surface area contributed by atoms with E-state index in [-0.39, 0.29) is 0 Å². The first-order chi connectivity index (χ1) is 7.22. The van der Waals surface area contributed by atoms with Gasteiger partial charge in [-0.2, -0.15) is 0 Å². The average Bonchev–Trinajstić information content (AvgIpc) is 2.53. The number of aromatic nitrogens is 1. The van der Waals surface area contributed by atoms with Gasteiger partial charge in [0.2, 0.25) is 0 Å². The van der Waals surface area contributed by atoms with Gasteiger partial charge in [-0.05, 0) is 18.2 Å². The number of fused-ring (bicyclic) bond motifs is 1. The quantitative estimate of drug-likeness (QED) is 0.814. The standard InChI is InChI=1S/C11H13ClN2O/c1-15-5-4-14-7-10(12)9-6-8(13)2-3-11(9)14/h2-3,6-7H,4-5,13H2,1H3. The van der Waals surface area contributed by atoms with Gasteiger partial charge in [0.25, 0.3) is 0 Å². The van der Waals surface area contributed by atoms with Gasteiger partial charge in [-0.1, -0.05) is 11.6 Å². The van der Waals surface area contributed by atoms with Crippen LogP contribution in [0.1, 0.15) is 0 Å². The summed E-state index contributed by atoms with van der Waals surface area (Å²) in [6.45, 7) is 1.47. The second-order valence-electron chi connectivity index (χ2n) is 3.44. The molecular weight excluding hydrogens is 212 g/mol. The molecule has 0 amide bonds. The van der Waals surface area contributed by atoms with E-state index in [0.29, 0.717) is 6.61 Å². The summed E-state index contributed by atoms with van der Waals surface area (Å²) in [5.41, 5.74) is 7.53. The Morgan fingerprint density at radius 3 is 3.00 bits per heavy atom. The number of methoxy groups -OCH3 is 1. The Labute approximate surface area is 93.4 Å². The van der Waals surface area contributed by atoms with Gasteiger partial charge in [0.05, 0.1) is 11.6 Å². The first-order valence-electron chi connectivity index (χ1n) is 4.75. The van der Waals surface area contributed by atoms with Crippen molar-refractivity contribution >= 4 is 28.2 Å². The van der Waals surface area contributed by atoms with Crippen LogP contribution < -0.4 is 5.73 Å². The van der Waals surface area contributed by atoms with Crippen LogP contribution in [0.25, 0.3) is 10.9 Å². The summed E-state index contributed by atoms with van der Waals surface area (Å²) in [7, 11) is 1.69. The lowest BCUT2D eigenvalue weighted by Gasteiger charge is -2.03. The summed E-state index contributed by atoms with van der Waals surface area (Å²) in [6.07, 6.45) is 1.91. The largest absolute Gasteiger partial charge is 0.399 e. The smallest absolute Gasteiger partial charge is 0.0662 e. The van der Waals surface area contributed by atoms with Crippen molar-refractivity contribution in [1.82, 2.24) is 4.57 Å². The van der Waals surface area contributed by atoms with Crippen molar-refractivity contribution in [3.05, 3.63) is 29.4 Å². The number of hydrogen-bond acceptors (Lipinski definition) is 2. The molecule has 0 saturated carbocycles. The van der Waals surface area contributed by atoms with E-state index in [0.717, 1.165) is 28.2 Å². The first-order valence-corrected chi connectivity index (χ1v) is 5.13. The highest BCUT2D eigenvalue weighted by atomic mass is 35.5. The van der Waals surface area contributed by atoms with Crippen LogP contribution in [0.3, 0.4) is 0 Å². The van der Waals surface area contributed by atoms with Crippen LogP contribution >= 0.6 is 11.6 Å². The van der Waals surface area contributed by atoms with Crippen molar-refractivity contribution in [2.24, 2.45) is 0 Å². The maximum Gasteiger partial charge on any atom is 0.0662 e. The van der Waals surface area contributed by atoms with E-state index in [4.69, 9.17) is 22.1 Å². The molecule has 0 bridgehead atoms. The van der Waals surface area contributed by atoms with Gasteiger partial charge in [0.15, 0.2) is 0 Å². The molecule has 1 aromatic carbocycles. The van der Waals surface area contributed by atoms with Gasteiger partial charge < -0.3 is 15.0 Å². The highest BCUT2D eigenvalue weighted by Crippen LogP contribution is 2.27. The van der Waals surface area contributed by atoms with Crippen molar-refractivity contribution in [1.29, 1.82) is 0 Å². The molecule has 0 saturated heterocycles. The Morgan fingerprint density at radius 2 is 2.27 bits per heavy atom. The molecule has 0 unspecified atom stereocenters.